The van der Waals surface area contributed by atoms with Gasteiger partial charge in [0.25, 0.3) is 0 Å². The number of para-hydroxylation sites is 2. The van der Waals surface area contributed by atoms with Gasteiger partial charge in [-0.2, -0.15) is 0 Å². The van der Waals surface area contributed by atoms with Gasteiger partial charge >= 0.3 is 0 Å². The Balaban J connectivity index is 1.40. The summed E-state index contributed by atoms with van der Waals surface area (Å²) in [4.78, 5) is 17.1. The predicted molar refractivity (Wildman–Crippen MR) is 143 cm³/mol. The van der Waals surface area contributed by atoms with Crippen LogP contribution in [-0.4, -0.2) is 23.5 Å². The number of methoxy groups -OCH3 is 1. The summed E-state index contributed by atoms with van der Waals surface area (Å²) in [6.45, 7) is 4.37. The number of furan rings is 1. The molecule has 2 atom stereocenters. The lowest BCUT2D eigenvalue weighted by Crippen LogP contribution is -2.56. The van der Waals surface area contributed by atoms with Gasteiger partial charge in [0.15, 0.2) is 0 Å². The van der Waals surface area contributed by atoms with Crippen LogP contribution in [0.1, 0.15) is 36.8 Å². The highest BCUT2D eigenvalue weighted by molar-refractivity contribution is 5.89. The van der Waals surface area contributed by atoms with E-state index in [0.717, 1.165) is 44.5 Å². The number of amides is 1. The molecule has 5 rings (SSSR count). The van der Waals surface area contributed by atoms with Crippen molar-refractivity contribution in [1.82, 2.24) is 15.6 Å². The Bertz CT molecular complexity index is 1450. The molecule has 0 aliphatic carbocycles. The number of benzene rings is 3. The molecule has 0 spiro atoms. The highest BCUT2D eigenvalue weighted by Gasteiger charge is 2.35. The van der Waals surface area contributed by atoms with Gasteiger partial charge in [-0.3, -0.25) is 10.1 Å². The van der Waals surface area contributed by atoms with Gasteiger partial charge in [-0.1, -0.05) is 48.5 Å². The molecular formula is C30H31N3O3. The largest absolute Gasteiger partial charge is 0.497 e. The number of nitrogens with one attached hydrogen (secondary N) is 3. The Morgan fingerprint density at radius 3 is 2.58 bits per heavy atom. The average molecular weight is 482 g/mol. The van der Waals surface area contributed by atoms with Crippen LogP contribution in [0.25, 0.3) is 21.9 Å². The van der Waals surface area contributed by atoms with Crippen LogP contribution in [0.15, 0.2) is 89.5 Å². The van der Waals surface area contributed by atoms with E-state index in [2.05, 4.69) is 21.7 Å². The van der Waals surface area contributed by atoms with Gasteiger partial charge in [-0.15, -0.1) is 0 Å². The number of ether oxygens (including phenoxy) is 1. The van der Waals surface area contributed by atoms with Gasteiger partial charge in [-0.25, -0.2) is 0 Å². The van der Waals surface area contributed by atoms with E-state index in [0.29, 0.717) is 13.0 Å². The molecule has 0 radical (unpaired) electrons. The molecule has 5 aromatic rings. The Kier molecular flexibility index (Phi) is 6.53. The Morgan fingerprint density at radius 1 is 1.06 bits per heavy atom. The van der Waals surface area contributed by atoms with Gasteiger partial charge < -0.3 is 19.5 Å². The maximum Gasteiger partial charge on any atom is 0.240 e. The van der Waals surface area contributed by atoms with Crippen LogP contribution in [0, 0.1) is 0 Å². The SMILES string of the molecule is COc1ccc(C(C)NC(=O)C(C)(Cc2c[nH]c3ccccc23)NCc2cc3ccccc3o2)cc1. The van der Waals surface area contributed by atoms with E-state index in [9.17, 15) is 4.79 Å². The molecule has 0 saturated carbocycles. The number of aromatic amines is 1. The summed E-state index contributed by atoms with van der Waals surface area (Å²) in [5, 5.41) is 8.89. The summed E-state index contributed by atoms with van der Waals surface area (Å²) in [6, 6.07) is 25.7. The van der Waals surface area contributed by atoms with E-state index in [1.54, 1.807) is 7.11 Å². The third-order valence-electron chi connectivity index (χ3n) is 6.81. The second-order valence-electron chi connectivity index (χ2n) is 9.44. The van der Waals surface area contributed by atoms with Crippen LogP contribution >= 0.6 is 0 Å². The van der Waals surface area contributed by atoms with Gasteiger partial charge in [0.2, 0.25) is 5.91 Å². The minimum absolute atomic E-state index is 0.0767. The standard InChI is InChI=1S/C30H31N3O3/c1-20(21-12-14-24(35-3)15-13-21)33-29(34)30(2,17-23-18-31-27-10-6-5-9-26(23)27)32-19-25-16-22-8-4-7-11-28(22)36-25/h4-16,18,20,31-32H,17,19H2,1-3H3,(H,33,34). The fraction of sp³-hybridized carbons (Fsp3) is 0.233. The molecule has 3 aromatic carbocycles. The highest BCUT2D eigenvalue weighted by atomic mass is 16.5. The van der Waals surface area contributed by atoms with Crippen molar-refractivity contribution in [2.24, 2.45) is 0 Å². The maximum atomic E-state index is 13.8. The number of hydrogen-bond donors (Lipinski definition) is 3. The zero-order valence-corrected chi connectivity index (χ0v) is 20.8. The molecule has 36 heavy (non-hydrogen) atoms. The van der Waals surface area contributed by atoms with E-state index >= 15 is 0 Å². The molecule has 1 amide bonds. The number of carbonyl (C=O) groups is 1. The van der Waals surface area contributed by atoms with Crippen LogP contribution in [0.2, 0.25) is 0 Å². The van der Waals surface area contributed by atoms with Crippen LogP contribution in [0.5, 0.6) is 5.75 Å². The summed E-state index contributed by atoms with van der Waals surface area (Å²) in [5.41, 5.74) is 3.10. The molecule has 0 fully saturated rings. The van der Waals surface area contributed by atoms with Crippen molar-refractivity contribution in [3.8, 4) is 5.75 Å². The third kappa shape index (κ3) is 4.86. The lowest BCUT2D eigenvalue weighted by atomic mass is 9.90. The highest BCUT2D eigenvalue weighted by Crippen LogP contribution is 2.26. The van der Waals surface area contributed by atoms with E-state index in [-0.39, 0.29) is 11.9 Å². The Morgan fingerprint density at radius 2 is 1.81 bits per heavy atom. The monoisotopic (exact) mass is 481 g/mol. The summed E-state index contributed by atoms with van der Waals surface area (Å²) >= 11 is 0. The third-order valence-corrected chi connectivity index (χ3v) is 6.81. The molecule has 0 bridgehead atoms. The number of carbonyl (C=O) groups excluding carboxylic acids is 1. The van der Waals surface area contributed by atoms with Crippen molar-refractivity contribution in [2.75, 3.05) is 7.11 Å². The molecule has 2 heterocycles. The summed E-state index contributed by atoms with van der Waals surface area (Å²) in [5.74, 6) is 1.50. The van der Waals surface area contributed by atoms with Crippen molar-refractivity contribution in [1.29, 1.82) is 0 Å². The summed E-state index contributed by atoms with van der Waals surface area (Å²) in [6.07, 6.45) is 2.50. The fourth-order valence-corrected chi connectivity index (χ4v) is 4.62. The normalized spacial score (nSPS) is 14.0. The lowest BCUT2D eigenvalue weighted by molar-refractivity contribution is -0.127. The molecule has 2 unspecified atom stereocenters. The van der Waals surface area contributed by atoms with E-state index in [4.69, 9.17) is 9.15 Å². The fourth-order valence-electron chi connectivity index (χ4n) is 4.62. The Hall–Kier alpha value is -4.03. The molecular weight excluding hydrogens is 450 g/mol. The van der Waals surface area contributed by atoms with Crippen molar-refractivity contribution in [2.45, 2.75) is 38.4 Å². The van der Waals surface area contributed by atoms with Crippen molar-refractivity contribution >= 4 is 27.8 Å². The van der Waals surface area contributed by atoms with Gasteiger partial charge in [0.05, 0.1) is 25.2 Å². The lowest BCUT2D eigenvalue weighted by Gasteiger charge is -2.31. The van der Waals surface area contributed by atoms with E-state index in [1.165, 1.54) is 0 Å². The zero-order chi connectivity index (χ0) is 25.1. The number of rotatable bonds is 9. The quantitative estimate of drug-likeness (QED) is 0.245. The van der Waals surface area contributed by atoms with Crippen LogP contribution in [-0.2, 0) is 17.8 Å². The first-order valence-corrected chi connectivity index (χ1v) is 12.2. The molecule has 0 saturated heterocycles. The predicted octanol–water partition coefficient (Wildman–Crippen LogP) is 5.89. The maximum absolute atomic E-state index is 13.8. The van der Waals surface area contributed by atoms with Crippen molar-refractivity contribution in [3.05, 3.63) is 102 Å². The molecule has 6 nitrogen and oxygen atoms in total. The van der Waals surface area contributed by atoms with Gasteiger partial charge in [-0.05, 0) is 55.3 Å². The summed E-state index contributed by atoms with van der Waals surface area (Å²) < 4.78 is 11.3. The van der Waals surface area contributed by atoms with E-state index < -0.39 is 5.54 Å². The first kappa shape index (κ1) is 23.7. The van der Waals surface area contributed by atoms with Crippen LogP contribution in [0.3, 0.4) is 0 Å². The first-order valence-electron chi connectivity index (χ1n) is 12.2. The van der Waals surface area contributed by atoms with E-state index in [1.807, 2.05) is 92.8 Å². The topological polar surface area (TPSA) is 79.3 Å². The number of hydrogen-bond acceptors (Lipinski definition) is 4. The minimum atomic E-state index is -0.884. The van der Waals surface area contributed by atoms with Crippen LogP contribution < -0.4 is 15.4 Å². The molecule has 2 aromatic heterocycles. The summed E-state index contributed by atoms with van der Waals surface area (Å²) in [7, 11) is 1.64. The molecule has 6 heteroatoms. The zero-order valence-electron chi connectivity index (χ0n) is 20.8. The number of fused-ring (bicyclic) bond motifs is 2. The van der Waals surface area contributed by atoms with Crippen LogP contribution in [0.4, 0.5) is 0 Å². The molecule has 3 N–H and O–H groups in total. The second-order valence-corrected chi connectivity index (χ2v) is 9.44. The van der Waals surface area contributed by atoms with Gasteiger partial charge in [0.1, 0.15) is 17.1 Å². The van der Waals surface area contributed by atoms with Crippen molar-refractivity contribution < 1.29 is 13.9 Å². The second kappa shape index (κ2) is 9.91. The minimum Gasteiger partial charge on any atom is -0.497 e. The molecule has 0 aliphatic heterocycles. The first-order chi connectivity index (χ1) is 17.4. The Labute approximate surface area is 210 Å². The average Bonchev–Trinajstić information content (AvgIpc) is 3.51. The number of H-pyrrole nitrogens is 1. The molecule has 0 aliphatic rings. The number of aromatic nitrogens is 1. The van der Waals surface area contributed by atoms with Gasteiger partial charge in [0, 0.05) is 28.9 Å². The smallest absolute Gasteiger partial charge is 0.240 e. The van der Waals surface area contributed by atoms with Crippen molar-refractivity contribution in [3.63, 3.8) is 0 Å². The molecule has 184 valence electrons.